The van der Waals surface area contributed by atoms with Gasteiger partial charge < -0.3 is 20.8 Å². The standard InChI is InChI=1S/Ag.NO3.H2O/c;2-1(3)4;/h;;1H2/q+1;-1;. The molecule has 0 amide bonds. The second kappa shape index (κ2) is 8.86. The smallest absolute Gasteiger partial charge is 0.412 e. The van der Waals surface area contributed by atoms with E-state index in [0.29, 0.717) is 0 Å². The van der Waals surface area contributed by atoms with Gasteiger partial charge in [-0.3, -0.25) is 0 Å². The van der Waals surface area contributed by atoms with E-state index < -0.39 is 5.09 Å². The van der Waals surface area contributed by atoms with Gasteiger partial charge in [0, 0.05) is 0 Å². The van der Waals surface area contributed by atoms with E-state index in [1.807, 2.05) is 0 Å². The van der Waals surface area contributed by atoms with Crippen LogP contribution in [-0.4, -0.2) is 10.6 Å². The van der Waals surface area contributed by atoms with Crippen molar-refractivity contribution in [1.29, 1.82) is 0 Å². The molecule has 0 aromatic heterocycles. The minimum Gasteiger partial charge on any atom is -0.412 e. The van der Waals surface area contributed by atoms with Crippen LogP contribution < -0.4 is 0 Å². The van der Waals surface area contributed by atoms with E-state index in [1.165, 1.54) is 0 Å². The van der Waals surface area contributed by atoms with Crippen molar-refractivity contribution < 1.29 is 32.9 Å². The molecule has 0 atom stereocenters. The minimum atomic E-state index is -1.75. The fourth-order valence-electron chi connectivity index (χ4n) is 0. The van der Waals surface area contributed by atoms with Crippen LogP contribution in [0.3, 0.4) is 0 Å². The van der Waals surface area contributed by atoms with Crippen LogP contribution >= 0.6 is 0 Å². The summed E-state index contributed by atoms with van der Waals surface area (Å²) in [5.41, 5.74) is 0. The predicted octanol–water partition coefficient (Wildman–Crippen LogP) is -1.07. The normalized spacial score (nSPS) is 4.00. The molecule has 0 unspecified atom stereocenters. The zero-order valence-electron chi connectivity index (χ0n) is 2.47. The van der Waals surface area contributed by atoms with Crippen LogP contribution in [0.4, 0.5) is 0 Å². The number of rotatable bonds is 0. The summed E-state index contributed by atoms with van der Waals surface area (Å²) in [4.78, 5) is 8.25. The van der Waals surface area contributed by atoms with Gasteiger partial charge in [0.05, 0.1) is 5.09 Å². The van der Waals surface area contributed by atoms with Gasteiger partial charge >= 0.3 is 22.4 Å². The van der Waals surface area contributed by atoms with Crippen molar-refractivity contribution in [3.05, 3.63) is 15.3 Å². The molecule has 0 bridgehead atoms. The Morgan fingerprint density at radius 1 is 1.33 bits per heavy atom. The first-order valence-electron chi connectivity index (χ1n) is 0.548. The number of hydrogen-bond donors (Lipinski definition) is 0. The van der Waals surface area contributed by atoms with Gasteiger partial charge in [0.2, 0.25) is 0 Å². The van der Waals surface area contributed by atoms with E-state index in [1.54, 1.807) is 0 Å². The Kier molecular flexibility index (Phi) is 24.9. The van der Waals surface area contributed by atoms with Gasteiger partial charge in [-0.15, -0.1) is 0 Å². The maximum absolute atomic E-state index is 8.25. The first kappa shape index (κ1) is 16.8. The van der Waals surface area contributed by atoms with Crippen molar-refractivity contribution in [3.8, 4) is 0 Å². The molecule has 0 saturated carbocycles. The van der Waals surface area contributed by atoms with E-state index in [4.69, 9.17) is 15.3 Å². The molecule has 42 valence electrons. The monoisotopic (exact) mass is 187 g/mol. The Morgan fingerprint density at radius 3 is 1.33 bits per heavy atom. The second-order valence-corrected chi connectivity index (χ2v) is 0.224. The summed E-state index contributed by atoms with van der Waals surface area (Å²) in [6, 6.07) is 0. The molecule has 0 aliphatic carbocycles. The average molecular weight is 188 g/mol. The predicted molar refractivity (Wildman–Crippen MR) is 14.0 cm³/mol. The van der Waals surface area contributed by atoms with Gasteiger partial charge in [-0.25, -0.2) is 0 Å². The molecule has 5 nitrogen and oxygen atoms in total. The molecule has 6 heteroatoms. The zero-order valence-corrected chi connectivity index (χ0v) is 3.96. The Hall–Kier alpha value is -0.0997. The van der Waals surface area contributed by atoms with Crippen molar-refractivity contribution >= 4 is 0 Å². The van der Waals surface area contributed by atoms with E-state index >= 15 is 0 Å². The van der Waals surface area contributed by atoms with Crippen LogP contribution in [0.1, 0.15) is 0 Å². The quantitative estimate of drug-likeness (QED) is 0.275. The SMILES string of the molecule is O.O=[N+]([O-])[O-].[Ag+]. The topological polar surface area (TPSA) is 97.7 Å². The van der Waals surface area contributed by atoms with Crippen LogP contribution in [-0.2, 0) is 22.4 Å². The van der Waals surface area contributed by atoms with Gasteiger partial charge in [-0.05, 0) is 0 Å². The summed E-state index contributed by atoms with van der Waals surface area (Å²) in [6.45, 7) is 0. The van der Waals surface area contributed by atoms with Gasteiger partial charge in [0.1, 0.15) is 0 Å². The van der Waals surface area contributed by atoms with Crippen molar-refractivity contribution in [2.24, 2.45) is 0 Å². The maximum atomic E-state index is 8.25. The van der Waals surface area contributed by atoms with E-state index in [9.17, 15) is 0 Å². The minimum absolute atomic E-state index is 0. The zero-order chi connectivity index (χ0) is 3.58. The van der Waals surface area contributed by atoms with Gasteiger partial charge in [0.15, 0.2) is 0 Å². The molecule has 2 N–H and O–H groups in total. The Bertz CT molecular complexity index is 30.5. The van der Waals surface area contributed by atoms with Crippen LogP contribution in [0.2, 0.25) is 0 Å². The molecule has 0 saturated heterocycles. The van der Waals surface area contributed by atoms with Crippen molar-refractivity contribution in [2.75, 3.05) is 0 Å². The molecule has 0 radical (unpaired) electrons. The number of hydrogen-bond acceptors (Lipinski definition) is 3. The third kappa shape index (κ3) is 3300. The molecule has 0 aromatic rings. The molecule has 0 aromatic carbocycles. The largest absolute Gasteiger partial charge is 1.00 e. The molecule has 0 heterocycles. The van der Waals surface area contributed by atoms with Gasteiger partial charge in [0.25, 0.3) is 0 Å². The fourth-order valence-corrected chi connectivity index (χ4v) is 0. The summed E-state index contributed by atoms with van der Waals surface area (Å²) in [7, 11) is 0. The van der Waals surface area contributed by atoms with Crippen molar-refractivity contribution in [3.63, 3.8) is 0 Å². The van der Waals surface area contributed by atoms with Crippen LogP contribution in [0.5, 0.6) is 0 Å². The van der Waals surface area contributed by atoms with E-state index in [-0.39, 0.29) is 27.9 Å². The molecule has 0 rings (SSSR count). The summed E-state index contributed by atoms with van der Waals surface area (Å²) < 4.78 is 0. The number of nitrogens with zero attached hydrogens (tertiary/aromatic N) is 1. The summed E-state index contributed by atoms with van der Waals surface area (Å²) in [5, 5.41) is 14.8. The van der Waals surface area contributed by atoms with Crippen LogP contribution in [0.15, 0.2) is 0 Å². The molecular formula is H2AgNO4. The summed E-state index contributed by atoms with van der Waals surface area (Å²) in [5.74, 6) is 0. The molecule has 0 aliphatic rings. The third-order valence-electron chi connectivity index (χ3n) is 0. The van der Waals surface area contributed by atoms with Crippen LogP contribution in [0, 0.1) is 15.3 Å². The molecule has 0 spiro atoms. The molecular weight excluding hydrogens is 186 g/mol. The van der Waals surface area contributed by atoms with Crippen molar-refractivity contribution in [1.82, 2.24) is 0 Å². The fraction of sp³-hybridized carbons (Fsp3) is 0. The first-order valence-corrected chi connectivity index (χ1v) is 0.548. The summed E-state index contributed by atoms with van der Waals surface area (Å²) >= 11 is 0. The second-order valence-electron chi connectivity index (χ2n) is 0.224. The maximum Gasteiger partial charge on any atom is 1.00 e. The molecule has 0 aliphatic heterocycles. The van der Waals surface area contributed by atoms with E-state index in [2.05, 4.69) is 0 Å². The Morgan fingerprint density at radius 2 is 1.33 bits per heavy atom. The van der Waals surface area contributed by atoms with E-state index in [0.717, 1.165) is 0 Å². The molecule has 0 fully saturated rings. The Balaban J connectivity index is -0.0000000450. The average Bonchev–Trinajstić information content (AvgIpc) is 0.811. The van der Waals surface area contributed by atoms with Gasteiger partial charge in [-0.2, -0.15) is 0 Å². The van der Waals surface area contributed by atoms with Crippen molar-refractivity contribution in [2.45, 2.75) is 0 Å². The molecule has 6 heavy (non-hydrogen) atoms. The first-order chi connectivity index (χ1) is 1.73. The van der Waals surface area contributed by atoms with Crippen LogP contribution in [0.25, 0.3) is 0 Å². The third-order valence-corrected chi connectivity index (χ3v) is 0. The van der Waals surface area contributed by atoms with Gasteiger partial charge in [-0.1, -0.05) is 0 Å². The summed E-state index contributed by atoms with van der Waals surface area (Å²) in [6.07, 6.45) is 0. The Labute approximate surface area is 48.9 Å².